The van der Waals surface area contributed by atoms with E-state index >= 15 is 0 Å². The minimum Gasteiger partial charge on any atom is -0.497 e. The first kappa shape index (κ1) is 22.0. The lowest BCUT2D eigenvalue weighted by Crippen LogP contribution is -2.39. The van der Waals surface area contributed by atoms with Gasteiger partial charge < -0.3 is 24.0 Å². The molecule has 0 N–H and O–H groups in total. The Balaban J connectivity index is 1.38. The van der Waals surface area contributed by atoms with E-state index in [2.05, 4.69) is 0 Å². The summed E-state index contributed by atoms with van der Waals surface area (Å²) in [4.78, 5) is 29.4. The first-order chi connectivity index (χ1) is 15.6. The van der Waals surface area contributed by atoms with E-state index in [0.717, 1.165) is 38.8 Å². The summed E-state index contributed by atoms with van der Waals surface area (Å²) in [6.45, 7) is 2.77. The van der Waals surface area contributed by atoms with Crippen LogP contribution in [0.25, 0.3) is 0 Å². The van der Waals surface area contributed by atoms with Gasteiger partial charge in [0.2, 0.25) is 0 Å². The van der Waals surface area contributed by atoms with Crippen LogP contribution in [0.1, 0.15) is 46.4 Å². The molecule has 2 amide bonds. The Morgan fingerprint density at radius 2 is 1.47 bits per heavy atom. The predicted molar refractivity (Wildman–Crippen MR) is 121 cm³/mol. The quantitative estimate of drug-likeness (QED) is 0.661. The Morgan fingerprint density at radius 1 is 0.812 bits per heavy atom. The summed E-state index contributed by atoms with van der Waals surface area (Å²) >= 11 is 0. The van der Waals surface area contributed by atoms with Crippen LogP contribution in [-0.4, -0.2) is 68.1 Å². The lowest BCUT2D eigenvalue weighted by atomic mass is 10.1. The summed E-state index contributed by atoms with van der Waals surface area (Å²) in [7, 11) is 3.14. The van der Waals surface area contributed by atoms with Gasteiger partial charge >= 0.3 is 0 Å². The number of hydrogen-bond donors (Lipinski definition) is 0. The molecule has 2 aliphatic rings. The third kappa shape index (κ3) is 4.82. The lowest BCUT2D eigenvalue weighted by Gasteiger charge is -2.25. The number of carbonyl (C=O) groups excluding carboxylic acids is 2. The number of amides is 2. The lowest BCUT2D eigenvalue weighted by molar-refractivity contribution is 0.0690. The van der Waals surface area contributed by atoms with Crippen molar-refractivity contribution < 1.29 is 23.8 Å². The van der Waals surface area contributed by atoms with Gasteiger partial charge in [-0.1, -0.05) is 0 Å². The van der Waals surface area contributed by atoms with Crippen molar-refractivity contribution in [3.63, 3.8) is 0 Å². The molecule has 2 aromatic rings. The summed E-state index contributed by atoms with van der Waals surface area (Å²) < 4.78 is 16.6. The second-order valence-electron chi connectivity index (χ2n) is 8.23. The van der Waals surface area contributed by atoms with Gasteiger partial charge in [-0.15, -0.1) is 0 Å². The van der Waals surface area contributed by atoms with E-state index in [-0.39, 0.29) is 17.9 Å². The monoisotopic (exact) mass is 438 g/mol. The molecule has 0 aliphatic carbocycles. The molecule has 7 heteroatoms. The highest BCUT2D eigenvalue weighted by atomic mass is 16.5. The molecular formula is C25H30N2O5. The van der Waals surface area contributed by atoms with Crippen molar-refractivity contribution in [2.24, 2.45) is 0 Å². The largest absolute Gasteiger partial charge is 0.497 e. The molecule has 2 heterocycles. The van der Waals surface area contributed by atoms with E-state index in [0.29, 0.717) is 41.5 Å². The van der Waals surface area contributed by atoms with Crippen LogP contribution in [0.3, 0.4) is 0 Å². The number of nitrogens with zero attached hydrogens (tertiary/aromatic N) is 2. The summed E-state index contributed by atoms with van der Waals surface area (Å²) in [5.74, 6) is 1.90. The highest BCUT2D eigenvalue weighted by Crippen LogP contribution is 2.27. The number of hydrogen-bond acceptors (Lipinski definition) is 5. The number of methoxy groups -OCH3 is 2. The molecule has 1 unspecified atom stereocenters. The summed E-state index contributed by atoms with van der Waals surface area (Å²) in [5, 5.41) is 0. The molecule has 0 bridgehead atoms. The van der Waals surface area contributed by atoms with Gasteiger partial charge in [0.1, 0.15) is 23.9 Å². The van der Waals surface area contributed by atoms with Crippen molar-refractivity contribution in [3.05, 3.63) is 53.6 Å². The fourth-order valence-corrected chi connectivity index (χ4v) is 4.36. The molecule has 7 nitrogen and oxygen atoms in total. The normalized spacial score (nSPS) is 18.0. The third-order valence-electron chi connectivity index (χ3n) is 6.17. The van der Waals surface area contributed by atoms with E-state index in [1.807, 2.05) is 34.1 Å². The van der Waals surface area contributed by atoms with Crippen LogP contribution in [0.15, 0.2) is 42.5 Å². The van der Waals surface area contributed by atoms with Gasteiger partial charge in [0, 0.05) is 36.8 Å². The minimum absolute atomic E-state index is 0.00870. The Morgan fingerprint density at radius 3 is 2.09 bits per heavy atom. The molecule has 0 radical (unpaired) electrons. The van der Waals surface area contributed by atoms with Gasteiger partial charge in [0.15, 0.2) is 0 Å². The summed E-state index contributed by atoms with van der Waals surface area (Å²) in [6.07, 6.45) is 3.97. The van der Waals surface area contributed by atoms with Gasteiger partial charge in [-0.3, -0.25) is 9.59 Å². The average molecular weight is 439 g/mol. The highest BCUT2D eigenvalue weighted by molar-refractivity contribution is 5.95. The third-order valence-corrected chi connectivity index (χ3v) is 6.17. The van der Waals surface area contributed by atoms with Crippen molar-refractivity contribution in [1.82, 2.24) is 9.80 Å². The van der Waals surface area contributed by atoms with Gasteiger partial charge in [-0.2, -0.15) is 0 Å². The molecule has 2 saturated heterocycles. The molecule has 0 spiro atoms. The van der Waals surface area contributed by atoms with E-state index in [1.54, 1.807) is 32.4 Å². The van der Waals surface area contributed by atoms with Crippen molar-refractivity contribution in [2.45, 2.75) is 31.7 Å². The zero-order chi connectivity index (χ0) is 22.5. The van der Waals surface area contributed by atoms with Gasteiger partial charge in [-0.25, -0.2) is 0 Å². The van der Waals surface area contributed by atoms with Crippen LogP contribution in [0.2, 0.25) is 0 Å². The maximum absolute atomic E-state index is 13.2. The fraction of sp³-hybridized carbons (Fsp3) is 0.440. The molecule has 0 saturated carbocycles. The van der Waals surface area contributed by atoms with Crippen molar-refractivity contribution in [2.75, 3.05) is 40.5 Å². The molecule has 2 fully saturated rings. The van der Waals surface area contributed by atoms with Crippen LogP contribution in [0, 0.1) is 0 Å². The van der Waals surface area contributed by atoms with Crippen LogP contribution in [0.4, 0.5) is 0 Å². The van der Waals surface area contributed by atoms with Crippen molar-refractivity contribution in [1.29, 1.82) is 0 Å². The van der Waals surface area contributed by atoms with E-state index < -0.39 is 0 Å². The predicted octanol–water partition coefficient (Wildman–Crippen LogP) is 3.62. The second-order valence-corrected chi connectivity index (χ2v) is 8.23. The fourth-order valence-electron chi connectivity index (χ4n) is 4.36. The van der Waals surface area contributed by atoms with Gasteiger partial charge in [0.05, 0.1) is 20.3 Å². The molecule has 1 atom stereocenters. The first-order valence-corrected chi connectivity index (χ1v) is 11.1. The van der Waals surface area contributed by atoms with Crippen LogP contribution < -0.4 is 14.2 Å². The molecule has 4 rings (SSSR count). The summed E-state index contributed by atoms with van der Waals surface area (Å²) in [6, 6.07) is 12.5. The topological polar surface area (TPSA) is 68.3 Å². The van der Waals surface area contributed by atoms with Crippen LogP contribution >= 0.6 is 0 Å². The van der Waals surface area contributed by atoms with E-state index in [4.69, 9.17) is 14.2 Å². The van der Waals surface area contributed by atoms with Crippen LogP contribution in [0.5, 0.6) is 17.2 Å². The van der Waals surface area contributed by atoms with E-state index in [1.165, 1.54) is 0 Å². The number of likely N-dealkylation sites (tertiary alicyclic amines) is 2. The van der Waals surface area contributed by atoms with Crippen molar-refractivity contribution >= 4 is 11.8 Å². The molecular weight excluding hydrogens is 408 g/mol. The Hall–Kier alpha value is -3.22. The Labute approximate surface area is 188 Å². The molecule has 2 aromatic carbocycles. The number of carbonyl (C=O) groups is 2. The smallest absolute Gasteiger partial charge is 0.254 e. The van der Waals surface area contributed by atoms with Crippen LogP contribution in [-0.2, 0) is 0 Å². The van der Waals surface area contributed by atoms with Gasteiger partial charge in [0.25, 0.3) is 11.8 Å². The SMILES string of the molecule is COc1cc(OC)cc(C(=O)N2CCCC2COc2ccc(C(=O)N3CCCC3)cc2)c1. The Kier molecular flexibility index (Phi) is 6.83. The minimum atomic E-state index is -0.0557. The number of ether oxygens (including phenoxy) is 3. The zero-order valence-corrected chi connectivity index (χ0v) is 18.7. The highest BCUT2D eigenvalue weighted by Gasteiger charge is 2.30. The Bertz CT molecular complexity index is 931. The average Bonchev–Trinajstić information content (AvgIpc) is 3.54. The summed E-state index contributed by atoms with van der Waals surface area (Å²) in [5.41, 5.74) is 1.22. The molecule has 2 aliphatic heterocycles. The first-order valence-electron chi connectivity index (χ1n) is 11.1. The number of benzene rings is 2. The molecule has 170 valence electrons. The molecule has 32 heavy (non-hydrogen) atoms. The van der Waals surface area contributed by atoms with Crippen molar-refractivity contribution in [3.8, 4) is 17.2 Å². The maximum Gasteiger partial charge on any atom is 0.254 e. The molecule has 0 aromatic heterocycles. The standard InChI is InChI=1S/C25H30N2O5/c1-30-22-14-19(15-23(16-22)31-2)25(29)27-13-5-6-20(27)17-32-21-9-7-18(8-10-21)24(28)26-11-3-4-12-26/h7-10,14-16,20H,3-6,11-13,17H2,1-2H3. The maximum atomic E-state index is 13.2. The van der Waals surface area contributed by atoms with E-state index in [9.17, 15) is 9.59 Å². The number of rotatable bonds is 7. The second kappa shape index (κ2) is 9.94. The zero-order valence-electron chi connectivity index (χ0n) is 18.7. The van der Waals surface area contributed by atoms with Gasteiger partial charge in [-0.05, 0) is 62.1 Å².